The highest BCUT2D eigenvalue weighted by Gasteiger charge is 2.48. The molecule has 0 unspecified atom stereocenters. The number of nitrogens with one attached hydrogen (secondary N) is 1. The summed E-state index contributed by atoms with van der Waals surface area (Å²) in [5.74, 6) is -0.101. The van der Waals surface area contributed by atoms with Gasteiger partial charge in [0.25, 0.3) is 0 Å². The van der Waals surface area contributed by atoms with E-state index in [1.165, 1.54) is 5.56 Å². The van der Waals surface area contributed by atoms with E-state index in [4.69, 9.17) is 15.2 Å². The summed E-state index contributed by atoms with van der Waals surface area (Å²) in [7, 11) is 1.64. The van der Waals surface area contributed by atoms with Crippen LogP contribution >= 0.6 is 0 Å². The number of carbonyl (C=O) groups excluding carboxylic acids is 1. The number of nitrogens with zero attached hydrogens (tertiary/aromatic N) is 1. The molecule has 156 valence electrons. The van der Waals surface area contributed by atoms with Gasteiger partial charge >= 0.3 is 0 Å². The summed E-state index contributed by atoms with van der Waals surface area (Å²) in [4.78, 5) is 14.9. The molecule has 0 spiro atoms. The standard InChI is InChI=1S/C21H33N3O4/c1-16-11-28-15-20(14-25,24(16)10-17-6-4-3-5-7-17)13-23-19(26)18-8-21(9-18,12-22)27-2/h3-7,16,18,25H,8-15,22H2,1-2H3,(H,23,26)/t16-,18?,20+,21?/m1/s1. The van der Waals surface area contributed by atoms with Crippen molar-refractivity contribution in [1.82, 2.24) is 10.2 Å². The van der Waals surface area contributed by atoms with Gasteiger partial charge in [0, 0.05) is 38.7 Å². The van der Waals surface area contributed by atoms with Gasteiger partial charge in [0.15, 0.2) is 0 Å². The van der Waals surface area contributed by atoms with Crippen LogP contribution in [0.15, 0.2) is 30.3 Å². The largest absolute Gasteiger partial charge is 0.394 e. The zero-order chi connectivity index (χ0) is 20.2. The van der Waals surface area contributed by atoms with Gasteiger partial charge in [-0.3, -0.25) is 9.69 Å². The summed E-state index contributed by atoms with van der Waals surface area (Å²) < 4.78 is 11.2. The Morgan fingerprint density at radius 1 is 1.39 bits per heavy atom. The predicted octanol–water partition coefficient (Wildman–Crippen LogP) is 0.509. The lowest BCUT2D eigenvalue weighted by molar-refractivity contribution is -0.149. The first-order valence-corrected chi connectivity index (χ1v) is 10.00. The first kappa shape index (κ1) is 21.2. The number of aliphatic hydroxyl groups is 1. The molecule has 1 aliphatic heterocycles. The van der Waals surface area contributed by atoms with Gasteiger partial charge in [-0.1, -0.05) is 30.3 Å². The van der Waals surface area contributed by atoms with Crippen molar-refractivity contribution in [3.05, 3.63) is 35.9 Å². The minimum Gasteiger partial charge on any atom is -0.394 e. The van der Waals surface area contributed by atoms with Crippen molar-refractivity contribution >= 4 is 5.91 Å². The summed E-state index contributed by atoms with van der Waals surface area (Å²) in [6.45, 7) is 4.47. The quantitative estimate of drug-likeness (QED) is 0.597. The normalized spacial score (nSPS) is 33.3. The molecule has 2 atom stereocenters. The number of aliphatic hydroxyl groups excluding tert-OH is 1. The molecular formula is C21H33N3O4. The summed E-state index contributed by atoms with van der Waals surface area (Å²) in [5, 5.41) is 13.3. The van der Waals surface area contributed by atoms with Gasteiger partial charge in [0.05, 0.1) is 31.0 Å². The second-order valence-electron chi connectivity index (χ2n) is 8.27. The molecule has 0 radical (unpaired) electrons. The molecule has 0 bridgehead atoms. The number of rotatable bonds is 8. The highest BCUT2D eigenvalue weighted by Crippen LogP contribution is 2.40. The summed E-state index contributed by atoms with van der Waals surface area (Å²) in [5.41, 5.74) is 5.94. The van der Waals surface area contributed by atoms with Crippen LogP contribution in [0.2, 0.25) is 0 Å². The van der Waals surface area contributed by atoms with Crippen molar-refractivity contribution in [2.75, 3.05) is 40.0 Å². The molecule has 1 saturated carbocycles. The minimum absolute atomic E-state index is 0.00756. The Kier molecular flexibility index (Phi) is 6.73. The maximum absolute atomic E-state index is 12.6. The molecule has 4 N–H and O–H groups in total. The van der Waals surface area contributed by atoms with Crippen molar-refractivity contribution in [2.24, 2.45) is 11.7 Å². The van der Waals surface area contributed by atoms with Gasteiger partial charge in [-0.15, -0.1) is 0 Å². The first-order chi connectivity index (χ1) is 13.5. The fourth-order valence-corrected chi connectivity index (χ4v) is 4.34. The number of hydrogen-bond donors (Lipinski definition) is 3. The van der Waals surface area contributed by atoms with E-state index in [9.17, 15) is 9.90 Å². The fourth-order valence-electron chi connectivity index (χ4n) is 4.34. The number of nitrogens with two attached hydrogens (primary N) is 1. The summed E-state index contributed by atoms with van der Waals surface area (Å²) in [6, 6.07) is 10.3. The van der Waals surface area contributed by atoms with E-state index in [1.54, 1.807) is 7.11 Å². The van der Waals surface area contributed by atoms with Crippen LogP contribution < -0.4 is 11.1 Å². The average Bonchev–Trinajstić information content (AvgIpc) is 2.69. The number of carbonyl (C=O) groups is 1. The van der Waals surface area contributed by atoms with E-state index >= 15 is 0 Å². The summed E-state index contributed by atoms with van der Waals surface area (Å²) in [6.07, 6.45) is 1.27. The van der Waals surface area contributed by atoms with Crippen molar-refractivity contribution in [2.45, 2.75) is 43.5 Å². The highest BCUT2D eigenvalue weighted by molar-refractivity contribution is 5.80. The maximum Gasteiger partial charge on any atom is 0.223 e. The zero-order valence-corrected chi connectivity index (χ0v) is 16.9. The summed E-state index contributed by atoms with van der Waals surface area (Å²) >= 11 is 0. The molecule has 1 heterocycles. The molecule has 0 aromatic heterocycles. The molecule has 1 aromatic carbocycles. The zero-order valence-electron chi connectivity index (χ0n) is 16.9. The van der Waals surface area contributed by atoms with E-state index in [1.807, 2.05) is 18.2 Å². The Balaban J connectivity index is 1.65. The Hall–Kier alpha value is -1.51. The van der Waals surface area contributed by atoms with Crippen molar-refractivity contribution < 1.29 is 19.4 Å². The lowest BCUT2D eigenvalue weighted by atomic mass is 9.70. The van der Waals surface area contributed by atoms with Crippen molar-refractivity contribution in [1.29, 1.82) is 0 Å². The second-order valence-corrected chi connectivity index (χ2v) is 8.27. The van der Waals surface area contributed by atoms with E-state index in [0.29, 0.717) is 45.7 Å². The van der Waals surface area contributed by atoms with Crippen LogP contribution in [0.4, 0.5) is 0 Å². The molecule has 28 heavy (non-hydrogen) atoms. The minimum atomic E-state index is -0.640. The predicted molar refractivity (Wildman–Crippen MR) is 107 cm³/mol. The van der Waals surface area contributed by atoms with Gasteiger partial charge in [0.1, 0.15) is 0 Å². The number of ether oxygens (including phenoxy) is 2. The third-order valence-electron chi connectivity index (χ3n) is 6.37. The highest BCUT2D eigenvalue weighted by atomic mass is 16.5. The number of morpholine rings is 1. The number of hydrogen-bond acceptors (Lipinski definition) is 6. The molecule has 1 amide bonds. The van der Waals surface area contributed by atoms with Crippen LogP contribution in [0.3, 0.4) is 0 Å². The van der Waals surface area contributed by atoms with Gasteiger partial charge in [0.2, 0.25) is 5.91 Å². The SMILES string of the molecule is COC1(CN)CC(C(=O)NC[C@]2(CO)COC[C@@H](C)N2Cc2ccccc2)C1. The van der Waals surface area contributed by atoms with Crippen molar-refractivity contribution in [3.63, 3.8) is 0 Å². The molecule has 3 rings (SSSR count). The third-order valence-corrected chi connectivity index (χ3v) is 6.37. The molecule has 7 heteroatoms. The Labute approximate surface area is 167 Å². The second kappa shape index (κ2) is 8.88. The van der Waals surface area contributed by atoms with Crippen molar-refractivity contribution in [3.8, 4) is 0 Å². The van der Waals surface area contributed by atoms with Gasteiger partial charge in [-0.05, 0) is 25.3 Å². The van der Waals surface area contributed by atoms with E-state index in [2.05, 4.69) is 29.3 Å². The number of methoxy groups -OCH3 is 1. The van der Waals surface area contributed by atoms with Gasteiger partial charge in [-0.2, -0.15) is 0 Å². The van der Waals surface area contributed by atoms with Crippen LogP contribution in [-0.4, -0.2) is 73.1 Å². The van der Waals surface area contributed by atoms with Gasteiger partial charge in [-0.25, -0.2) is 0 Å². The molecule has 1 saturated heterocycles. The van der Waals surface area contributed by atoms with Crippen LogP contribution in [-0.2, 0) is 20.8 Å². The smallest absolute Gasteiger partial charge is 0.223 e. The Morgan fingerprint density at radius 3 is 2.71 bits per heavy atom. The molecule has 1 aliphatic carbocycles. The molecule has 2 fully saturated rings. The fraction of sp³-hybridized carbons (Fsp3) is 0.667. The third kappa shape index (κ3) is 4.23. The number of amides is 1. The Morgan fingerprint density at radius 2 is 2.11 bits per heavy atom. The molecule has 2 aliphatic rings. The molecule has 1 aromatic rings. The maximum atomic E-state index is 12.6. The Bertz CT molecular complexity index is 644. The van der Waals surface area contributed by atoms with Crippen LogP contribution in [0, 0.1) is 5.92 Å². The average molecular weight is 392 g/mol. The van der Waals surface area contributed by atoms with Crippen LogP contribution in [0.5, 0.6) is 0 Å². The van der Waals surface area contributed by atoms with Gasteiger partial charge < -0.3 is 25.6 Å². The lowest BCUT2D eigenvalue weighted by Gasteiger charge is -2.50. The van der Waals surface area contributed by atoms with E-state index < -0.39 is 5.54 Å². The lowest BCUT2D eigenvalue weighted by Crippen LogP contribution is -2.67. The first-order valence-electron chi connectivity index (χ1n) is 10.00. The monoisotopic (exact) mass is 391 g/mol. The van der Waals surface area contributed by atoms with Crippen LogP contribution in [0.1, 0.15) is 25.3 Å². The molecular weight excluding hydrogens is 358 g/mol. The van der Waals surface area contributed by atoms with E-state index in [-0.39, 0.29) is 30.1 Å². The number of benzene rings is 1. The molecule has 7 nitrogen and oxygen atoms in total. The van der Waals surface area contributed by atoms with E-state index in [0.717, 1.165) is 0 Å². The van der Waals surface area contributed by atoms with Crippen LogP contribution in [0.25, 0.3) is 0 Å². The topological polar surface area (TPSA) is 97.0 Å².